The van der Waals surface area contributed by atoms with Crippen LogP contribution in [-0.2, 0) is 4.79 Å². The molecule has 4 nitrogen and oxygen atoms in total. The highest BCUT2D eigenvalue weighted by Crippen LogP contribution is 2.22. The number of nitrogens with zero attached hydrogens (tertiary/aromatic N) is 1. The van der Waals surface area contributed by atoms with Gasteiger partial charge in [-0.25, -0.2) is 0 Å². The van der Waals surface area contributed by atoms with Crippen LogP contribution in [0.4, 0.5) is 5.69 Å². The fourth-order valence-electron chi connectivity index (χ4n) is 2.62. The van der Waals surface area contributed by atoms with Gasteiger partial charge in [-0.1, -0.05) is 18.2 Å². The van der Waals surface area contributed by atoms with Crippen molar-refractivity contribution < 1.29 is 14.7 Å². The topological polar surface area (TPSA) is 57.6 Å². The van der Waals surface area contributed by atoms with Crippen molar-refractivity contribution in [2.24, 2.45) is 0 Å². The first-order chi connectivity index (χ1) is 11.1. The minimum absolute atomic E-state index is 0.118. The van der Waals surface area contributed by atoms with Crippen molar-refractivity contribution in [3.63, 3.8) is 0 Å². The van der Waals surface area contributed by atoms with Crippen LogP contribution in [0.3, 0.4) is 0 Å². The van der Waals surface area contributed by atoms with E-state index < -0.39 is 0 Å². The molecule has 2 aromatic carbocycles. The zero-order chi connectivity index (χ0) is 16.2. The number of rotatable bonds is 4. The fraction of sp³-hybridized carbons (Fsp3) is 0.158. The van der Waals surface area contributed by atoms with E-state index in [2.05, 4.69) is 0 Å². The molecule has 2 aromatic rings. The third-order valence-electron chi connectivity index (χ3n) is 3.83. The number of carbonyl (C=O) groups is 2. The number of ketones is 1. The number of anilines is 1. The van der Waals surface area contributed by atoms with Gasteiger partial charge in [-0.2, -0.15) is 0 Å². The third kappa shape index (κ3) is 3.48. The second-order valence-corrected chi connectivity index (χ2v) is 5.49. The van der Waals surface area contributed by atoms with Gasteiger partial charge in [0.15, 0.2) is 5.78 Å². The van der Waals surface area contributed by atoms with Crippen LogP contribution in [0, 0.1) is 0 Å². The van der Waals surface area contributed by atoms with Gasteiger partial charge in [0.2, 0.25) is 5.91 Å². The Labute approximate surface area is 134 Å². The Morgan fingerprint density at radius 1 is 1.13 bits per heavy atom. The highest BCUT2D eigenvalue weighted by atomic mass is 16.3. The van der Waals surface area contributed by atoms with E-state index in [1.54, 1.807) is 53.4 Å². The molecule has 0 aromatic heterocycles. The molecule has 1 aliphatic rings. The van der Waals surface area contributed by atoms with E-state index in [1.165, 1.54) is 6.08 Å². The fourth-order valence-corrected chi connectivity index (χ4v) is 2.62. The molecule has 0 atom stereocenters. The second-order valence-electron chi connectivity index (χ2n) is 5.49. The van der Waals surface area contributed by atoms with Crippen molar-refractivity contribution in [2.75, 3.05) is 11.4 Å². The van der Waals surface area contributed by atoms with E-state index >= 15 is 0 Å². The zero-order valence-electron chi connectivity index (χ0n) is 12.6. The molecule has 0 radical (unpaired) electrons. The number of benzene rings is 2. The van der Waals surface area contributed by atoms with E-state index in [1.807, 2.05) is 6.07 Å². The van der Waals surface area contributed by atoms with Gasteiger partial charge in [-0.15, -0.1) is 0 Å². The molecule has 0 bridgehead atoms. The molecule has 1 amide bonds. The van der Waals surface area contributed by atoms with Gasteiger partial charge in [-0.3, -0.25) is 9.59 Å². The Bertz CT molecular complexity index is 762. The van der Waals surface area contributed by atoms with E-state index in [0.29, 0.717) is 12.0 Å². The highest BCUT2D eigenvalue weighted by molar-refractivity contribution is 6.07. The SMILES string of the molecule is O=C(/C=C/c1cccc(O)c1)c1ccc(N2CCCC2=O)cc1. The standard InChI is InChI=1S/C19H17NO3/c21-17-4-1-3-14(13-17)6-11-18(22)15-7-9-16(10-8-15)20-12-2-5-19(20)23/h1,3-4,6-11,13,21H,2,5,12H2/b11-6+. The van der Waals surface area contributed by atoms with Gasteiger partial charge in [0, 0.05) is 24.2 Å². The van der Waals surface area contributed by atoms with Crippen molar-refractivity contribution in [3.8, 4) is 5.75 Å². The highest BCUT2D eigenvalue weighted by Gasteiger charge is 2.21. The summed E-state index contributed by atoms with van der Waals surface area (Å²) in [6, 6.07) is 13.8. The van der Waals surface area contributed by atoms with Crippen molar-refractivity contribution in [1.82, 2.24) is 0 Å². The van der Waals surface area contributed by atoms with Crippen LogP contribution >= 0.6 is 0 Å². The molecule has 1 fully saturated rings. The smallest absolute Gasteiger partial charge is 0.227 e. The van der Waals surface area contributed by atoms with E-state index in [0.717, 1.165) is 24.2 Å². The van der Waals surface area contributed by atoms with Gasteiger partial charge in [0.25, 0.3) is 0 Å². The third-order valence-corrected chi connectivity index (χ3v) is 3.83. The average molecular weight is 307 g/mol. The number of phenolic OH excluding ortho intramolecular Hbond substituents is 1. The molecule has 0 unspecified atom stereocenters. The summed E-state index contributed by atoms with van der Waals surface area (Å²) in [7, 11) is 0. The molecule has 1 saturated heterocycles. The first kappa shape index (κ1) is 15.0. The molecule has 0 aliphatic carbocycles. The van der Waals surface area contributed by atoms with Gasteiger partial charge >= 0.3 is 0 Å². The monoisotopic (exact) mass is 307 g/mol. The van der Waals surface area contributed by atoms with Crippen molar-refractivity contribution >= 4 is 23.5 Å². The van der Waals surface area contributed by atoms with Crippen LogP contribution in [0.2, 0.25) is 0 Å². The number of aromatic hydroxyl groups is 1. The summed E-state index contributed by atoms with van der Waals surface area (Å²) in [6.07, 6.45) is 4.62. The van der Waals surface area contributed by atoms with Crippen LogP contribution in [0.5, 0.6) is 5.75 Å². The molecule has 116 valence electrons. The van der Waals surface area contributed by atoms with E-state index in [4.69, 9.17) is 0 Å². The second kappa shape index (κ2) is 6.48. The molecular weight excluding hydrogens is 290 g/mol. The van der Waals surface area contributed by atoms with Crippen LogP contribution < -0.4 is 4.90 Å². The lowest BCUT2D eigenvalue weighted by Gasteiger charge is -2.15. The molecule has 4 heteroatoms. The molecule has 1 aliphatic heterocycles. The Balaban J connectivity index is 1.71. The van der Waals surface area contributed by atoms with Gasteiger partial charge in [0.1, 0.15) is 5.75 Å². The molecule has 1 N–H and O–H groups in total. The first-order valence-corrected chi connectivity index (χ1v) is 7.55. The summed E-state index contributed by atoms with van der Waals surface area (Å²) >= 11 is 0. The summed E-state index contributed by atoms with van der Waals surface area (Å²) in [6.45, 7) is 0.740. The summed E-state index contributed by atoms with van der Waals surface area (Å²) in [5.74, 6) is 0.180. The number of allylic oxidation sites excluding steroid dienone is 1. The first-order valence-electron chi connectivity index (χ1n) is 7.55. The predicted octanol–water partition coefficient (Wildman–Crippen LogP) is 3.42. The van der Waals surface area contributed by atoms with Crippen molar-refractivity contribution in [2.45, 2.75) is 12.8 Å². The van der Waals surface area contributed by atoms with Crippen molar-refractivity contribution in [3.05, 3.63) is 65.7 Å². The Morgan fingerprint density at radius 2 is 1.91 bits per heavy atom. The number of phenols is 1. The van der Waals surface area contributed by atoms with Crippen LogP contribution in [0.15, 0.2) is 54.6 Å². The number of hydrogen-bond acceptors (Lipinski definition) is 3. The molecule has 3 rings (SSSR count). The molecule has 1 heterocycles. The Morgan fingerprint density at radius 3 is 2.57 bits per heavy atom. The van der Waals surface area contributed by atoms with Gasteiger partial charge < -0.3 is 10.0 Å². The molecular formula is C19H17NO3. The van der Waals surface area contributed by atoms with Crippen LogP contribution in [0.1, 0.15) is 28.8 Å². The summed E-state index contributed by atoms with van der Waals surface area (Å²) in [5, 5.41) is 9.40. The Kier molecular flexibility index (Phi) is 4.24. The summed E-state index contributed by atoms with van der Waals surface area (Å²) < 4.78 is 0. The normalized spacial score (nSPS) is 14.6. The minimum Gasteiger partial charge on any atom is -0.508 e. The molecule has 0 saturated carbocycles. The zero-order valence-corrected chi connectivity index (χ0v) is 12.6. The van der Waals surface area contributed by atoms with E-state index in [-0.39, 0.29) is 17.4 Å². The Hall–Kier alpha value is -2.88. The summed E-state index contributed by atoms with van der Waals surface area (Å²) in [4.78, 5) is 25.6. The molecule has 23 heavy (non-hydrogen) atoms. The number of carbonyl (C=O) groups excluding carboxylic acids is 2. The minimum atomic E-state index is -0.118. The lowest BCUT2D eigenvalue weighted by molar-refractivity contribution is -0.117. The van der Waals surface area contributed by atoms with Gasteiger partial charge in [0.05, 0.1) is 0 Å². The van der Waals surface area contributed by atoms with Crippen LogP contribution in [0.25, 0.3) is 6.08 Å². The quantitative estimate of drug-likeness (QED) is 0.695. The number of amides is 1. The van der Waals surface area contributed by atoms with Gasteiger partial charge in [-0.05, 0) is 54.5 Å². The molecule has 0 spiro atoms. The predicted molar refractivity (Wildman–Crippen MR) is 89.5 cm³/mol. The van der Waals surface area contributed by atoms with E-state index in [9.17, 15) is 14.7 Å². The maximum atomic E-state index is 12.2. The largest absolute Gasteiger partial charge is 0.508 e. The van der Waals surface area contributed by atoms with Crippen molar-refractivity contribution in [1.29, 1.82) is 0 Å². The number of hydrogen-bond donors (Lipinski definition) is 1. The lowest BCUT2D eigenvalue weighted by atomic mass is 10.1. The summed E-state index contributed by atoms with van der Waals surface area (Å²) in [5.41, 5.74) is 2.16. The maximum absolute atomic E-state index is 12.2. The average Bonchev–Trinajstić information content (AvgIpc) is 2.99. The van der Waals surface area contributed by atoms with Crippen LogP contribution in [-0.4, -0.2) is 23.3 Å². The lowest BCUT2D eigenvalue weighted by Crippen LogP contribution is -2.23. The maximum Gasteiger partial charge on any atom is 0.227 e.